The van der Waals surface area contributed by atoms with E-state index in [1.54, 1.807) is 18.2 Å². The lowest BCUT2D eigenvalue weighted by atomic mass is 10.1. The normalized spacial score (nSPS) is 12.0. The molecule has 0 radical (unpaired) electrons. The Morgan fingerprint density at radius 1 is 1.22 bits per heavy atom. The summed E-state index contributed by atoms with van der Waals surface area (Å²) in [6.07, 6.45) is 0. The van der Waals surface area contributed by atoms with Crippen molar-refractivity contribution < 1.29 is 23.6 Å². The smallest absolute Gasteiger partial charge is 0.270 e. The summed E-state index contributed by atoms with van der Waals surface area (Å²) in [6, 6.07) is 7.95. The summed E-state index contributed by atoms with van der Waals surface area (Å²) in [5.74, 6) is -0.370. The number of carbonyl (C=O) groups excluding carboxylic acids is 1. The van der Waals surface area contributed by atoms with Crippen molar-refractivity contribution in [1.82, 2.24) is 5.32 Å². The Hall–Kier alpha value is -3.16. The molecule has 1 amide bonds. The highest BCUT2D eigenvalue weighted by Crippen LogP contribution is 2.32. The molecule has 0 saturated heterocycles. The highest BCUT2D eigenvalue weighted by atomic mass is 19.1. The van der Waals surface area contributed by atoms with E-state index in [-0.39, 0.29) is 24.6 Å². The second-order valence-electron chi connectivity index (χ2n) is 4.79. The average molecular weight is 318 g/mol. The summed E-state index contributed by atoms with van der Waals surface area (Å²) in [5, 5.41) is 13.2. The zero-order chi connectivity index (χ0) is 16.4. The van der Waals surface area contributed by atoms with Crippen molar-refractivity contribution in [2.24, 2.45) is 0 Å². The van der Waals surface area contributed by atoms with Crippen LogP contribution in [0.5, 0.6) is 11.5 Å². The lowest BCUT2D eigenvalue weighted by molar-refractivity contribution is -0.384. The Morgan fingerprint density at radius 3 is 2.78 bits per heavy atom. The van der Waals surface area contributed by atoms with Crippen LogP contribution in [0.4, 0.5) is 10.1 Å². The second kappa shape index (κ2) is 5.91. The van der Waals surface area contributed by atoms with Gasteiger partial charge in [-0.15, -0.1) is 0 Å². The Balaban J connectivity index is 1.72. The molecule has 0 unspecified atom stereocenters. The van der Waals surface area contributed by atoms with E-state index in [1.165, 1.54) is 0 Å². The SMILES string of the molecule is O=C(NCc1ccc2c(c1)OCO2)c1cc([N+](=O)[O-])ccc1F. The average Bonchev–Trinajstić information content (AvgIpc) is 3.00. The van der Waals surface area contributed by atoms with E-state index in [0.29, 0.717) is 11.5 Å². The van der Waals surface area contributed by atoms with Crippen LogP contribution in [0, 0.1) is 15.9 Å². The molecule has 0 spiro atoms. The number of fused-ring (bicyclic) bond motifs is 1. The molecule has 118 valence electrons. The number of rotatable bonds is 4. The molecular weight excluding hydrogens is 307 g/mol. The summed E-state index contributed by atoms with van der Waals surface area (Å²) in [5.41, 5.74) is 0.00742. The first-order valence-electron chi connectivity index (χ1n) is 6.65. The third-order valence-electron chi connectivity index (χ3n) is 3.30. The molecule has 1 N–H and O–H groups in total. The van der Waals surface area contributed by atoms with Gasteiger partial charge in [-0.1, -0.05) is 6.07 Å². The molecule has 1 aliphatic rings. The Labute approximate surface area is 129 Å². The predicted octanol–water partition coefficient (Wildman–Crippen LogP) is 2.39. The predicted molar refractivity (Wildman–Crippen MR) is 76.8 cm³/mol. The van der Waals surface area contributed by atoms with E-state index >= 15 is 0 Å². The molecule has 0 atom stereocenters. The van der Waals surface area contributed by atoms with E-state index in [2.05, 4.69) is 5.32 Å². The van der Waals surface area contributed by atoms with E-state index < -0.39 is 16.6 Å². The lowest BCUT2D eigenvalue weighted by Crippen LogP contribution is -2.24. The van der Waals surface area contributed by atoms with Crippen LogP contribution < -0.4 is 14.8 Å². The van der Waals surface area contributed by atoms with Crippen LogP contribution in [0.15, 0.2) is 36.4 Å². The zero-order valence-corrected chi connectivity index (χ0v) is 11.7. The molecule has 1 heterocycles. The largest absolute Gasteiger partial charge is 0.454 e. The molecule has 23 heavy (non-hydrogen) atoms. The highest BCUT2D eigenvalue weighted by Gasteiger charge is 2.17. The van der Waals surface area contributed by atoms with Crippen molar-refractivity contribution in [2.45, 2.75) is 6.54 Å². The van der Waals surface area contributed by atoms with E-state index in [0.717, 1.165) is 23.8 Å². The maximum Gasteiger partial charge on any atom is 0.270 e. The first-order chi connectivity index (χ1) is 11.0. The van der Waals surface area contributed by atoms with Crippen LogP contribution >= 0.6 is 0 Å². The van der Waals surface area contributed by atoms with E-state index in [4.69, 9.17) is 9.47 Å². The summed E-state index contributed by atoms with van der Waals surface area (Å²) < 4.78 is 24.1. The summed E-state index contributed by atoms with van der Waals surface area (Å²) in [4.78, 5) is 22.0. The summed E-state index contributed by atoms with van der Waals surface area (Å²) in [7, 11) is 0. The van der Waals surface area contributed by atoms with Gasteiger partial charge in [0.25, 0.3) is 11.6 Å². The molecule has 7 nitrogen and oxygen atoms in total. The highest BCUT2D eigenvalue weighted by molar-refractivity contribution is 5.95. The van der Waals surface area contributed by atoms with Crippen LogP contribution in [0.2, 0.25) is 0 Å². The third-order valence-corrected chi connectivity index (χ3v) is 3.30. The third kappa shape index (κ3) is 3.05. The molecule has 2 aromatic carbocycles. The molecule has 8 heteroatoms. The van der Waals surface area contributed by atoms with Gasteiger partial charge in [-0.2, -0.15) is 0 Å². The molecule has 3 rings (SSSR count). The fourth-order valence-electron chi connectivity index (χ4n) is 2.13. The minimum Gasteiger partial charge on any atom is -0.454 e. The van der Waals surface area contributed by atoms with Crippen molar-refractivity contribution in [3.8, 4) is 11.5 Å². The van der Waals surface area contributed by atoms with Crippen molar-refractivity contribution in [2.75, 3.05) is 6.79 Å². The number of non-ortho nitro benzene ring substituents is 1. The van der Waals surface area contributed by atoms with Crippen LogP contribution in [0.1, 0.15) is 15.9 Å². The van der Waals surface area contributed by atoms with Crippen molar-refractivity contribution >= 4 is 11.6 Å². The number of nitrogens with zero attached hydrogens (tertiary/aromatic N) is 1. The standard InChI is InChI=1S/C15H11FN2O5/c16-12-3-2-10(18(20)21)6-11(12)15(19)17-7-9-1-4-13-14(5-9)23-8-22-13/h1-6H,7-8H2,(H,17,19). The number of benzene rings is 2. The molecular formula is C15H11FN2O5. The van der Waals surface area contributed by atoms with Crippen molar-refractivity contribution in [1.29, 1.82) is 0 Å². The maximum absolute atomic E-state index is 13.7. The quantitative estimate of drug-likeness (QED) is 0.690. The minimum atomic E-state index is -0.821. The number of nitrogens with one attached hydrogen (secondary N) is 1. The summed E-state index contributed by atoms with van der Waals surface area (Å²) >= 11 is 0. The number of halogens is 1. The van der Waals surface area contributed by atoms with Gasteiger partial charge in [0, 0.05) is 18.7 Å². The molecule has 0 fully saturated rings. The molecule has 0 aromatic heterocycles. The van der Waals surface area contributed by atoms with E-state index in [1.807, 2.05) is 0 Å². The number of nitro groups is 1. The van der Waals surface area contributed by atoms with Crippen molar-refractivity contribution in [3.05, 3.63) is 63.5 Å². The van der Waals surface area contributed by atoms with Gasteiger partial charge < -0.3 is 14.8 Å². The number of amides is 1. The number of nitro benzene ring substituents is 1. The Kier molecular flexibility index (Phi) is 3.80. The molecule has 1 aliphatic heterocycles. The number of ether oxygens (including phenoxy) is 2. The second-order valence-corrected chi connectivity index (χ2v) is 4.79. The van der Waals surface area contributed by atoms with Crippen LogP contribution in [0.3, 0.4) is 0 Å². The van der Waals surface area contributed by atoms with Crippen LogP contribution in [-0.2, 0) is 6.54 Å². The van der Waals surface area contributed by atoms with Gasteiger partial charge in [0.05, 0.1) is 10.5 Å². The van der Waals surface area contributed by atoms with Gasteiger partial charge in [0.15, 0.2) is 11.5 Å². The fraction of sp³-hybridized carbons (Fsp3) is 0.133. The first kappa shape index (κ1) is 14.8. The van der Waals surface area contributed by atoms with Crippen LogP contribution in [-0.4, -0.2) is 17.6 Å². The van der Waals surface area contributed by atoms with Gasteiger partial charge >= 0.3 is 0 Å². The molecule has 2 aromatic rings. The van der Waals surface area contributed by atoms with Gasteiger partial charge in [0.2, 0.25) is 6.79 Å². The van der Waals surface area contributed by atoms with E-state index in [9.17, 15) is 19.3 Å². The zero-order valence-electron chi connectivity index (χ0n) is 11.7. The molecule has 0 saturated carbocycles. The van der Waals surface area contributed by atoms with Crippen LogP contribution in [0.25, 0.3) is 0 Å². The number of hydrogen-bond acceptors (Lipinski definition) is 5. The van der Waals surface area contributed by atoms with Crippen molar-refractivity contribution in [3.63, 3.8) is 0 Å². The minimum absolute atomic E-state index is 0.123. The first-order valence-corrected chi connectivity index (χ1v) is 6.65. The fourth-order valence-corrected chi connectivity index (χ4v) is 2.13. The van der Waals surface area contributed by atoms with Gasteiger partial charge in [0.1, 0.15) is 5.82 Å². The number of carbonyl (C=O) groups is 1. The van der Waals surface area contributed by atoms with Gasteiger partial charge in [-0.25, -0.2) is 4.39 Å². The monoisotopic (exact) mass is 318 g/mol. The Bertz CT molecular complexity index is 793. The Morgan fingerprint density at radius 2 is 2.00 bits per heavy atom. The lowest BCUT2D eigenvalue weighted by Gasteiger charge is -2.07. The summed E-state index contributed by atoms with van der Waals surface area (Å²) in [6.45, 7) is 0.266. The maximum atomic E-state index is 13.7. The topological polar surface area (TPSA) is 90.7 Å². The van der Waals surface area contributed by atoms with Gasteiger partial charge in [-0.3, -0.25) is 14.9 Å². The van der Waals surface area contributed by atoms with Gasteiger partial charge in [-0.05, 0) is 23.8 Å². The number of hydrogen-bond donors (Lipinski definition) is 1. The molecule has 0 bridgehead atoms. The molecule has 0 aliphatic carbocycles.